The highest BCUT2D eigenvalue weighted by atomic mass is 32.2. The van der Waals surface area contributed by atoms with Gasteiger partial charge in [-0.3, -0.25) is 0 Å². The maximum atomic E-state index is 11.9. The van der Waals surface area contributed by atoms with Crippen LogP contribution in [0.3, 0.4) is 0 Å². The van der Waals surface area contributed by atoms with Gasteiger partial charge in [-0.2, -0.15) is 0 Å². The zero-order valence-electron chi connectivity index (χ0n) is 8.18. The first-order chi connectivity index (χ1) is 6.62. The molecule has 0 heterocycles. The summed E-state index contributed by atoms with van der Waals surface area (Å²) >= 11 is 0. The zero-order chi connectivity index (χ0) is 10.6. The van der Waals surface area contributed by atoms with Gasteiger partial charge in [0, 0.05) is 0 Å². The molecule has 76 valence electrons. The smallest absolute Gasteiger partial charge is 0.184 e. The van der Waals surface area contributed by atoms with Crippen molar-refractivity contribution in [2.45, 2.75) is 23.5 Å². The second-order valence-corrected chi connectivity index (χ2v) is 5.21. The van der Waals surface area contributed by atoms with Gasteiger partial charge in [-0.05, 0) is 18.6 Å². The number of hydrogen-bond acceptors (Lipinski definition) is 2. The van der Waals surface area contributed by atoms with Crippen LogP contribution in [0.25, 0.3) is 0 Å². The van der Waals surface area contributed by atoms with Crippen molar-refractivity contribution in [3.05, 3.63) is 43.0 Å². The number of benzene rings is 1. The van der Waals surface area contributed by atoms with Crippen LogP contribution in [0.4, 0.5) is 0 Å². The highest BCUT2D eigenvalue weighted by molar-refractivity contribution is 7.92. The van der Waals surface area contributed by atoms with Crippen LogP contribution in [0.1, 0.15) is 13.3 Å². The third kappa shape index (κ3) is 2.04. The van der Waals surface area contributed by atoms with E-state index in [-0.39, 0.29) is 0 Å². The molecule has 0 aliphatic heterocycles. The number of sulfone groups is 1. The molecule has 0 spiro atoms. The molecule has 0 aromatic heterocycles. The second kappa shape index (κ2) is 4.42. The first kappa shape index (κ1) is 11.0. The molecule has 1 unspecified atom stereocenters. The van der Waals surface area contributed by atoms with Crippen molar-refractivity contribution >= 4 is 9.84 Å². The molecule has 0 aliphatic carbocycles. The Morgan fingerprint density at radius 2 is 1.93 bits per heavy atom. The van der Waals surface area contributed by atoms with Gasteiger partial charge in [0.1, 0.15) is 0 Å². The number of hydrogen-bond donors (Lipinski definition) is 0. The van der Waals surface area contributed by atoms with Gasteiger partial charge >= 0.3 is 0 Å². The maximum Gasteiger partial charge on any atom is 0.184 e. The average Bonchev–Trinajstić information content (AvgIpc) is 2.20. The summed E-state index contributed by atoms with van der Waals surface area (Å²) in [5, 5.41) is -0.482. The quantitative estimate of drug-likeness (QED) is 0.715. The van der Waals surface area contributed by atoms with E-state index in [2.05, 4.69) is 6.58 Å². The van der Waals surface area contributed by atoms with Gasteiger partial charge in [0.15, 0.2) is 9.84 Å². The first-order valence-electron chi connectivity index (χ1n) is 4.54. The van der Waals surface area contributed by atoms with E-state index in [1.165, 1.54) is 6.08 Å². The van der Waals surface area contributed by atoms with Crippen molar-refractivity contribution in [2.75, 3.05) is 0 Å². The molecule has 0 saturated heterocycles. The van der Waals surface area contributed by atoms with Gasteiger partial charge in [0.05, 0.1) is 10.1 Å². The van der Waals surface area contributed by atoms with Crippen molar-refractivity contribution in [1.82, 2.24) is 0 Å². The molecule has 3 heteroatoms. The van der Waals surface area contributed by atoms with E-state index < -0.39 is 15.1 Å². The lowest BCUT2D eigenvalue weighted by atomic mass is 10.3. The van der Waals surface area contributed by atoms with Crippen molar-refractivity contribution in [3.8, 4) is 0 Å². The standard InChI is InChI=1S/C11H14O2S/c1-3-10(4-2)14(12,13)11-8-6-5-7-9-11/h3,5-10H,1,4H2,2H3. The normalized spacial score (nSPS) is 13.5. The summed E-state index contributed by atoms with van der Waals surface area (Å²) in [6.07, 6.45) is 2.04. The Labute approximate surface area is 85.2 Å². The summed E-state index contributed by atoms with van der Waals surface area (Å²) in [7, 11) is -3.22. The molecule has 2 nitrogen and oxygen atoms in total. The van der Waals surface area contributed by atoms with Crippen LogP contribution >= 0.6 is 0 Å². The largest absolute Gasteiger partial charge is 0.223 e. The maximum absolute atomic E-state index is 11.9. The molecule has 0 aliphatic rings. The van der Waals surface area contributed by atoms with Crippen LogP contribution in [0.2, 0.25) is 0 Å². The molecule has 0 bridgehead atoms. The summed E-state index contributed by atoms with van der Waals surface area (Å²) in [4.78, 5) is 0.367. The Kier molecular flexibility index (Phi) is 3.47. The molecule has 14 heavy (non-hydrogen) atoms. The fourth-order valence-electron chi connectivity index (χ4n) is 1.30. The third-order valence-electron chi connectivity index (χ3n) is 2.14. The van der Waals surface area contributed by atoms with Crippen LogP contribution in [-0.2, 0) is 9.84 Å². The molecule has 1 atom stereocenters. The fourth-order valence-corrected chi connectivity index (χ4v) is 2.88. The van der Waals surface area contributed by atoms with E-state index in [0.717, 1.165) is 0 Å². The lowest BCUT2D eigenvalue weighted by Crippen LogP contribution is -2.17. The van der Waals surface area contributed by atoms with Crippen LogP contribution in [0.5, 0.6) is 0 Å². The Hall–Kier alpha value is -1.09. The minimum atomic E-state index is -3.22. The Balaban J connectivity index is 3.14. The van der Waals surface area contributed by atoms with Crippen molar-refractivity contribution < 1.29 is 8.42 Å². The van der Waals surface area contributed by atoms with Gasteiger partial charge in [-0.15, -0.1) is 6.58 Å². The summed E-state index contributed by atoms with van der Waals surface area (Å²) < 4.78 is 23.8. The molecule has 0 saturated carbocycles. The predicted molar refractivity (Wildman–Crippen MR) is 57.9 cm³/mol. The van der Waals surface area contributed by atoms with Crippen LogP contribution < -0.4 is 0 Å². The van der Waals surface area contributed by atoms with Gasteiger partial charge in [-0.25, -0.2) is 8.42 Å². The minimum Gasteiger partial charge on any atom is -0.223 e. The zero-order valence-corrected chi connectivity index (χ0v) is 9.00. The number of rotatable bonds is 4. The summed E-state index contributed by atoms with van der Waals surface area (Å²) in [5.41, 5.74) is 0. The summed E-state index contributed by atoms with van der Waals surface area (Å²) in [6, 6.07) is 8.47. The summed E-state index contributed by atoms with van der Waals surface area (Å²) in [5.74, 6) is 0. The monoisotopic (exact) mass is 210 g/mol. The first-order valence-corrected chi connectivity index (χ1v) is 6.09. The molecular formula is C11H14O2S. The molecule has 0 fully saturated rings. The van der Waals surface area contributed by atoms with Crippen LogP contribution in [0.15, 0.2) is 47.9 Å². The molecule has 1 rings (SSSR count). The topological polar surface area (TPSA) is 34.1 Å². The summed E-state index contributed by atoms with van der Waals surface area (Å²) in [6.45, 7) is 5.38. The highest BCUT2D eigenvalue weighted by Crippen LogP contribution is 2.18. The van der Waals surface area contributed by atoms with E-state index >= 15 is 0 Å². The van der Waals surface area contributed by atoms with Crippen molar-refractivity contribution in [2.24, 2.45) is 0 Å². The van der Waals surface area contributed by atoms with Gasteiger partial charge in [0.25, 0.3) is 0 Å². The van der Waals surface area contributed by atoms with Gasteiger partial charge in [-0.1, -0.05) is 31.2 Å². The van der Waals surface area contributed by atoms with E-state index in [0.29, 0.717) is 11.3 Å². The van der Waals surface area contributed by atoms with Crippen molar-refractivity contribution in [1.29, 1.82) is 0 Å². The molecule has 0 N–H and O–H groups in total. The van der Waals surface area contributed by atoms with Crippen LogP contribution in [-0.4, -0.2) is 13.7 Å². The van der Waals surface area contributed by atoms with E-state index in [1.54, 1.807) is 30.3 Å². The Bertz CT molecular complexity index is 393. The Morgan fingerprint density at radius 1 is 1.36 bits per heavy atom. The lowest BCUT2D eigenvalue weighted by Gasteiger charge is -2.10. The lowest BCUT2D eigenvalue weighted by molar-refractivity contribution is 0.586. The molecule has 0 amide bonds. The predicted octanol–water partition coefficient (Wildman–Crippen LogP) is 2.42. The second-order valence-electron chi connectivity index (χ2n) is 3.04. The molecule has 0 radical (unpaired) electrons. The molecule has 1 aromatic rings. The highest BCUT2D eigenvalue weighted by Gasteiger charge is 2.22. The minimum absolute atomic E-state index is 0.367. The van der Waals surface area contributed by atoms with E-state index in [1.807, 2.05) is 6.92 Å². The van der Waals surface area contributed by atoms with E-state index in [4.69, 9.17) is 0 Å². The SMILES string of the molecule is C=CC(CC)S(=O)(=O)c1ccccc1. The van der Waals surface area contributed by atoms with Gasteiger partial charge < -0.3 is 0 Å². The van der Waals surface area contributed by atoms with Crippen molar-refractivity contribution in [3.63, 3.8) is 0 Å². The molecule has 1 aromatic carbocycles. The van der Waals surface area contributed by atoms with E-state index in [9.17, 15) is 8.42 Å². The van der Waals surface area contributed by atoms with Crippen LogP contribution in [0, 0.1) is 0 Å². The molecular weight excluding hydrogens is 196 g/mol. The fraction of sp³-hybridized carbons (Fsp3) is 0.273. The average molecular weight is 210 g/mol. The Morgan fingerprint density at radius 3 is 2.36 bits per heavy atom. The van der Waals surface area contributed by atoms with Gasteiger partial charge in [0.2, 0.25) is 0 Å². The third-order valence-corrected chi connectivity index (χ3v) is 4.39.